The lowest BCUT2D eigenvalue weighted by atomic mass is 10.1. The third kappa shape index (κ3) is 7.06. The molecule has 0 aliphatic heterocycles. The van der Waals surface area contributed by atoms with Gasteiger partial charge in [-0.15, -0.1) is 0 Å². The molecule has 3 rings (SSSR count). The molecule has 0 aliphatic rings. The number of aliphatic imine (C=N–C) groups is 1. The number of hydrogen-bond donors (Lipinski definition) is 3. The first-order chi connectivity index (χ1) is 15.2. The lowest BCUT2D eigenvalue weighted by molar-refractivity contribution is -0.119. The van der Waals surface area contributed by atoms with E-state index in [1.807, 2.05) is 24.3 Å². The van der Waals surface area contributed by atoms with Gasteiger partial charge in [0.05, 0.1) is 0 Å². The molecule has 7 heteroatoms. The van der Waals surface area contributed by atoms with Gasteiger partial charge in [-0.3, -0.25) is 9.79 Å². The van der Waals surface area contributed by atoms with Gasteiger partial charge in [0.25, 0.3) is 5.91 Å². The second-order valence-corrected chi connectivity index (χ2v) is 7.26. The molecule has 0 radical (unpaired) electrons. The number of hydrogen-bond acceptors (Lipinski definition) is 3. The molecule has 7 nitrogen and oxygen atoms in total. The van der Waals surface area contributed by atoms with Crippen molar-refractivity contribution in [3.8, 4) is 5.75 Å². The van der Waals surface area contributed by atoms with E-state index in [0.717, 1.165) is 45.0 Å². The second-order valence-electron chi connectivity index (χ2n) is 7.26. The molecule has 31 heavy (non-hydrogen) atoms. The highest BCUT2D eigenvalue weighted by Crippen LogP contribution is 2.15. The van der Waals surface area contributed by atoms with E-state index < -0.39 is 5.91 Å². The highest BCUT2D eigenvalue weighted by molar-refractivity contribution is 5.80. The van der Waals surface area contributed by atoms with Crippen LogP contribution in [0.2, 0.25) is 0 Å². The molecule has 2 aromatic carbocycles. The molecule has 1 heterocycles. The molecule has 0 saturated heterocycles. The molecule has 0 fully saturated rings. The first-order valence-electron chi connectivity index (χ1n) is 10.7. The van der Waals surface area contributed by atoms with Crippen LogP contribution in [0.3, 0.4) is 0 Å². The van der Waals surface area contributed by atoms with Gasteiger partial charge in [-0.25, -0.2) is 0 Å². The normalized spacial score (nSPS) is 11.5. The lowest BCUT2D eigenvalue weighted by Gasteiger charge is -2.12. The Morgan fingerprint density at radius 3 is 2.68 bits per heavy atom. The monoisotopic (exact) mass is 421 g/mol. The Hall–Kier alpha value is -3.48. The second kappa shape index (κ2) is 11.6. The lowest BCUT2D eigenvalue weighted by Crippen LogP contribution is -2.38. The Morgan fingerprint density at radius 2 is 1.90 bits per heavy atom. The Balaban J connectivity index is 1.42. The number of fused-ring (bicyclic) bond motifs is 1. The van der Waals surface area contributed by atoms with Gasteiger partial charge in [-0.05, 0) is 55.0 Å². The Kier molecular flexibility index (Phi) is 8.34. The summed E-state index contributed by atoms with van der Waals surface area (Å²) in [6.07, 6.45) is 3.97. The summed E-state index contributed by atoms with van der Waals surface area (Å²) < 4.78 is 7.56. The van der Waals surface area contributed by atoms with E-state index >= 15 is 0 Å². The highest BCUT2D eigenvalue weighted by atomic mass is 16.5. The van der Waals surface area contributed by atoms with Crippen molar-refractivity contribution in [3.63, 3.8) is 0 Å². The molecular weight excluding hydrogens is 390 g/mol. The average molecular weight is 422 g/mol. The Bertz CT molecular complexity index is 995. The fourth-order valence-electron chi connectivity index (χ4n) is 3.34. The minimum absolute atomic E-state index is 0.107. The smallest absolute Gasteiger partial charge is 0.255 e. The van der Waals surface area contributed by atoms with Crippen molar-refractivity contribution in [1.29, 1.82) is 0 Å². The number of aryl methyl sites for hydroxylation is 1. The quantitative estimate of drug-likeness (QED) is 0.252. The van der Waals surface area contributed by atoms with Crippen molar-refractivity contribution in [3.05, 3.63) is 66.4 Å². The zero-order valence-corrected chi connectivity index (χ0v) is 18.0. The molecule has 4 N–H and O–H groups in total. The number of para-hydroxylation sites is 1. The molecule has 0 unspecified atom stereocenters. The summed E-state index contributed by atoms with van der Waals surface area (Å²) in [6.45, 7) is 5.25. The van der Waals surface area contributed by atoms with E-state index in [-0.39, 0.29) is 6.61 Å². The van der Waals surface area contributed by atoms with E-state index in [9.17, 15) is 4.79 Å². The molecule has 0 saturated carbocycles. The minimum Gasteiger partial charge on any atom is -0.484 e. The molecular formula is C24H31N5O2. The number of rotatable bonds is 11. The summed E-state index contributed by atoms with van der Waals surface area (Å²) in [6, 6.07) is 18.3. The van der Waals surface area contributed by atoms with Crippen LogP contribution in [0.4, 0.5) is 0 Å². The van der Waals surface area contributed by atoms with Gasteiger partial charge in [0.1, 0.15) is 5.75 Å². The largest absolute Gasteiger partial charge is 0.484 e. The third-order valence-electron chi connectivity index (χ3n) is 4.86. The number of carbonyl (C=O) groups excluding carboxylic acids is 1. The van der Waals surface area contributed by atoms with Crippen molar-refractivity contribution >= 4 is 22.8 Å². The van der Waals surface area contributed by atoms with Crippen LogP contribution in [-0.4, -0.2) is 42.7 Å². The fraction of sp³-hybridized carbons (Fsp3) is 0.333. The van der Waals surface area contributed by atoms with Crippen LogP contribution in [0.5, 0.6) is 5.75 Å². The first-order valence-corrected chi connectivity index (χ1v) is 10.7. The summed E-state index contributed by atoms with van der Waals surface area (Å²) in [5.74, 6) is 0.993. The summed E-state index contributed by atoms with van der Waals surface area (Å²) in [5.41, 5.74) is 7.53. The number of nitrogens with one attached hydrogen (secondary N) is 2. The minimum atomic E-state index is -0.481. The van der Waals surface area contributed by atoms with E-state index in [1.54, 1.807) is 0 Å². The van der Waals surface area contributed by atoms with Crippen molar-refractivity contribution < 1.29 is 9.53 Å². The van der Waals surface area contributed by atoms with Gasteiger partial charge in [0.15, 0.2) is 12.6 Å². The molecule has 0 bridgehead atoms. The number of guanidine groups is 1. The maximum atomic E-state index is 10.8. The van der Waals surface area contributed by atoms with Crippen LogP contribution in [0.25, 0.3) is 10.9 Å². The summed E-state index contributed by atoms with van der Waals surface area (Å²) >= 11 is 0. The van der Waals surface area contributed by atoms with E-state index in [0.29, 0.717) is 5.75 Å². The van der Waals surface area contributed by atoms with E-state index in [2.05, 4.69) is 58.7 Å². The van der Waals surface area contributed by atoms with Gasteiger partial charge in [0.2, 0.25) is 0 Å². The Morgan fingerprint density at radius 1 is 1.10 bits per heavy atom. The molecule has 0 aliphatic carbocycles. The fourth-order valence-corrected chi connectivity index (χ4v) is 3.34. The average Bonchev–Trinajstić information content (AvgIpc) is 3.19. The van der Waals surface area contributed by atoms with Crippen LogP contribution in [0.15, 0.2) is 65.8 Å². The molecule has 0 atom stereocenters. The number of carbonyl (C=O) groups is 1. The standard InChI is InChI=1S/C24H31N5O2/c1-2-26-24(27-14-5-16-29-17-13-20-6-3-4-7-22(20)29)28-15-12-19-8-10-21(11-9-19)31-18-23(25)30/h3-4,6-11,13,17H,2,5,12,14-16,18H2,1H3,(H2,25,30)(H2,26,27,28). The molecule has 164 valence electrons. The van der Waals surface area contributed by atoms with Gasteiger partial charge in [0, 0.05) is 37.9 Å². The maximum absolute atomic E-state index is 10.8. The molecule has 0 spiro atoms. The number of ether oxygens (including phenoxy) is 1. The SMILES string of the molecule is CCNC(=NCCCn1ccc2ccccc21)NCCc1ccc(OCC(N)=O)cc1. The maximum Gasteiger partial charge on any atom is 0.255 e. The van der Waals surface area contributed by atoms with Crippen LogP contribution in [0, 0.1) is 0 Å². The molecule has 3 aromatic rings. The zero-order chi connectivity index (χ0) is 21.9. The molecule has 1 amide bonds. The van der Waals surface area contributed by atoms with Gasteiger partial charge >= 0.3 is 0 Å². The van der Waals surface area contributed by atoms with Crippen LogP contribution >= 0.6 is 0 Å². The highest BCUT2D eigenvalue weighted by Gasteiger charge is 2.02. The number of benzene rings is 2. The van der Waals surface area contributed by atoms with Crippen LogP contribution < -0.4 is 21.1 Å². The topological polar surface area (TPSA) is 93.7 Å². The summed E-state index contributed by atoms with van der Waals surface area (Å²) in [4.78, 5) is 15.5. The van der Waals surface area contributed by atoms with Crippen molar-refractivity contribution in [2.24, 2.45) is 10.7 Å². The van der Waals surface area contributed by atoms with Crippen molar-refractivity contribution in [2.45, 2.75) is 26.3 Å². The van der Waals surface area contributed by atoms with Crippen molar-refractivity contribution in [2.75, 3.05) is 26.2 Å². The number of aromatic nitrogens is 1. The van der Waals surface area contributed by atoms with Gasteiger partial charge < -0.3 is 25.7 Å². The Labute approximate surface area is 183 Å². The summed E-state index contributed by atoms with van der Waals surface area (Å²) in [5, 5.41) is 7.96. The van der Waals surface area contributed by atoms with Gasteiger partial charge in [-0.2, -0.15) is 0 Å². The van der Waals surface area contributed by atoms with Crippen molar-refractivity contribution in [1.82, 2.24) is 15.2 Å². The number of amides is 1. The number of nitrogens with two attached hydrogens (primary N) is 1. The van der Waals surface area contributed by atoms with Crippen LogP contribution in [-0.2, 0) is 17.8 Å². The van der Waals surface area contributed by atoms with Gasteiger partial charge in [-0.1, -0.05) is 30.3 Å². The number of primary amides is 1. The summed E-state index contributed by atoms with van der Waals surface area (Å²) in [7, 11) is 0. The predicted octanol–water partition coefficient (Wildman–Crippen LogP) is 2.69. The zero-order valence-electron chi connectivity index (χ0n) is 18.0. The predicted molar refractivity (Wildman–Crippen MR) is 125 cm³/mol. The molecule has 1 aromatic heterocycles. The first kappa shape index (κ1) is 22.2. The van der Waals surface area contributed by atoms with E-state index in [4.69, 9.17) is 15.5 Å². The van der Waals surface area contributed by atoms with Crippen LogP contribution in [0.1, 0.15) is 18.9 Å². The van der Waals surface area contributed by atoms with E-state index in [1.165, 1.54) is 16.5 Å². The number of nitrogens with zero attached hydrogens (tertiary/aromatic N) is 2. The third-order valence-corrected chi connectivity index (χ3v) is 4.86.